The number of ether oxygens (including phenoxy) is 2. The van der Waals surface area contributed by atoms with Crippen molar-refractivity contribution in [1.29, 1.82) is 0 Å². The Morgan fingerprint density at radius 3 is 2.55 bits per heavy atom. The van der Waals surface area contributed by atoms with E-state index in [1.54, 1.807) is 14.0 Å². The van der Waals surface area contributed by atoms with Gasteiger partial charge >= 0.3 is 5.97 Å². The predicted octanol–water partition coefficient (Wildman–Crippen LogP) is 3.42. The number of rotatable bonds is 14. The highest BCUT2D eigenvalue weighted by Gasteiger charge is 2.18. The Kier molecular flexibility index (Phi) is 10.5. The van der Waals surface area contributed by atoms with Crippen LogP contribution in [0.4, 0.5) is 0 Å². The fourth-order valence-electron chi connectivity index (χ4n) is 3.26. The van der Waals surface area contributed by atoms with Gasteiger partial charge in [0, 0.05) is 25.3 Å². The average Bonchev–Trinajstić information content (AvgIpc) is 3.23. The number of methoxy groups -OCH3 is 1. The molecule has 0 aliphatic rings. The minimum absolute atomic E-state index is 0.140. The van der Waals surface area contributed by atoms with Crippen LogP contribution in [0.1, 0.15) is 63.3 Å². The predicted molar refractivity (Wildman–Crippen MR) is 116 cm³/mol. The zero-order chi connectivity index (χ0) is 22.5. The molecule has 1 N–H and O–H groups in total. The standard InChI is InChI=1S/C23H33N3O5/c1-4-6-10-18(16-23(28)30-5-2)24-20(27)13-15-22-26-25-21(31-22)14-12-17-9-7-8-11-19(17)29-3/h7-9,11,18H,4-6,10,12-16H2,1-3H3,(H,24,27). The first-order chi connectivity index (χ1) is 15.0. The second-order valence-electron chi connectivity index (χ2n) is 7.32. The summed E-state index contributed by atoms with van der Waals surface area (Å²) in [6, 6.07) is 7.60. The van der Waals surface area contributed by atoms with E-state index in [1.807, 2.05) is 24.3 Å². The van der Waals surface area contributed by atoms with Gasteiger partial charge in [0.25, 0.3) is 0 Å². The van der Waals surface area contributed by atoms with E-state index in [4.69, 9.17) is 13.9 Å². The highest BCUT2D eigenvalue weighted by atomic mass is 16.5. The first kappa shape index (κ1) is 24.4. The highest BCUT2D eigenvalue weighted by molar-refractivity contribution is 5.77. The molecule has 1 unspecified atom stereocenters. The van der Waals surface area contributed by atoms with Crippen LogP contribution >= 0.6 is 0 Å². The zero-order valence-electron chi connectivity index (χ0n) is 18.7. The number of benzene rings is 1. The van der Waals surface area contributed by atoms with Crippen LogP contribution in [0.3, 0.4) is 0 Å². The molecule has 8 nitrogen and oxygen atoms in total. The maximum atomic E-state index is 12.4. The Bertz CT molecular complexity index is 821. The van der Waals surface area contributed by atoms with E-state index in [0.29, 0.717) is 31.2 Å². The van der Waals surface area contributed by atoms with Gasteiger partial charge in [-0.05, 0) is 31.4 Å². The lowest BCUT2D eigenvalue weighted by atomic mass is 10.1. The molecule has 8 heteroatoms. The van der Waals surface area contributed by atoms with Crippen LogP contribution in [-0.4, -0.2) is 41.8 Å². The zero-order valence-corrected chi connectivity index (χ0v) is 18.7. The Hall–Kier alpha value is -2.90. The molecule has 0 aliphatic carbocycles. The van der Waals surface area contributed by atoms with Gasteiger partial charge in [-0.3, -0.25) is 9.59 Å². The number of nitrogens with zero attached hydrogens (tertiary/aromatic N) is 2. The summed E-state index contributed by atoms with van der Waals surface area (Å²) in [5.74, 6) is 1.36. The van der Waals surface area contributed by atoms with Crippen molar-refractivity contribution in [2.75, 3.05) is 13.7 Å². The molecule has 31 heavy (non-hydrogen) atoms. The van der Waals surface area contributed by atoms with E-state index in [9.17, 15) is 9.59 Å². The van der Waals surface area contributed by atoms with Gasteiger partial charge < -0.3 is 19.2 Å². The monoisotopic (exact) mass is 431 g/mol. The normalized spacial score (nSPS) is 11.7. The van der Waals surface area contributed by atoms with E-state index in [1.165, 1.54) is 0 Å². The van der Waals surface area contributed by atoms with Crippen LogP contribution < -0.4 is 10.1 Å². The van der Waals surface area contributed by atoms with Crippen LogP contribution in [0, 0.1) is 0 Å². The molecule has 1 aromatic heterocycles. The number of nitrogens with one attached hydrogen (secondary N) is 1. The van der Waals surface area contributed by atoms with Crippen molar-refractivity contribution in [2.24, 2.45) is 0 Å². The quantitative estimate of drug-likeness (QED) is 0.457. The number of amides is 1. The summed E-state index contributed by atoms with van der Waals surface area (Å²) in [4.78, 5) is 24.1. The molecule has 1 amide bonds. The molecule has 1 atom stereocenters. The molecule has 0 fully saturated rings. The van der Waals surface area contributed by atoms with Crippen LogP contribution in [-0.2, 0) is 33.6 Å². The van der Waals surface area contributed by atoms with E-state index in [-0.39, 0.29) is 30.8 Å². The number of carbonyl (C=O) groups is 2. The Balaban J connectivity index is 1.80. The summed E-state index contributed by atoms with van der Waals surface area (Å²) in [5.41, 5.74) is 1.07. The summed E-state index contributed by atoms with van der Waals surface area (Å²) < 4.78 is 16.0. The minimum Gasteiger partial charge on any atom is -0.496 e. The van der Waals surface area contributed by atoms with Crippen molar-refractivity contribution in [3.63, 3.8) is 0 Å². The van der Waals surface area contributed by atoms with Crippen molar-refractivity contribution in [3.05, 3.63) is 41.6 Å². The fourth-order valence-corrected chi connectivity index (χ4v) is 3.26. The number of aryl methyl sites for hydroxylation is 3. The molecule has 0 aliphatic heterocycles. The molecule has 0 spiro atoms. The summed E-state index contributed by atoms with van der Waals surface area (Å²) >= 11 is 0. The third kappa shape index (κ3) is 8.78. The molecule has 2 rings (SSSR count). The van der Waals surface area contributed by atoms with E-state index in [2.05, 4.69) is 22.4 Å². The van der Waals surface area contributed by atoms with Crippen LogP contribution in [0.2, 0.25) is 0 Å². The third-order valence-electron chi connectivity index (χ3n) is 4.86. The first-order valence-corrected chi connectivity index (χ1v) is 10.9. The van der Waals surface area contributed by atoms with Gasteiger partial charge in [-0.2, -0.15) is 0 Å². The second kappa shape index (κ2) is 13.4. The molecule has 0 radical (unpaired) electrons. The summed E-state index contributed by atoms with van der Waals surface area (Å²) in [6.07, 6.45) is 4.75. The number of unbranched alkanes of at least 4 members (excludes halogenated alkanes) is 1. The maximum absolute atomic E-state index is 12.4. The molecule has 0 saturated carbocycles. The minimum atomic E-state index is -0.291. The van der Waals surface area contributed by atoms with Crippen molar-refractivity contribution in [3.8, 4) is 5.75 Å². The van der Waals surface area contributed by atoms with Crippen molar-refractivity contribution < 1.29 is 23.5 Å². The molecule has 1 heterocycles. The van der Waals surface area contributed by atoms with Crippen molar-refractivity contribution in [2.45, 2.75) is 71.3 Å². The summed E-state index contributed by atoms with van der Waals surface area (Å²) in [7, 11) is 1.65. The molecule has 2 aromatic rings. The number of aromatic nitrogens is 2. The van der Waals surface area contributed by atoms with Gasteiger partial charge in [-0.1, -0.05) is 38.0 Å². The molecule has 0 bridgehead atoms. The van der Waals surface area contributed by atoms with Gasteiger partial charge in [-0.25, -0.2) is 0 Å². The lowest BCUT2D eigenvalue weighted by Crippen LogP contribution is -2.37. The Labute approximate surface area is 183 Å². The Morgan fingerprint density at radius 2 is 1.84 bits per heavy atom. The molecular formula is C23H33N3O5. The number of hydrogen-bond acceptors (Lipinski definition) is 7. The van der Waals surface area contributed by atoms with Gasteiger partial charge in [-0.15, -0.1) is 10.2 Å². The number of carbonyl (C=O) groups excluding carboxylic acids is 2. The second-order valence-corrected chi connectivity index (χ2v) is 7.32. The average molecular weight is 432 g/mol. The van der Waals surface area contributed by atoms with Gasteiger partial charge in [0.2, 0.25) is 17.7 Å². The number of para-hydroxylation sites is 1. The highest BCUT2D eigenvalue weighted by Crippen LogP contribution is 2.19. The lowest BCUT2D eigenvalue weighted by Gasteiger charge is -2.17. The Morgan fingerprint density at radius 1 is 1.10 bits per heavy atom. The first-order valence-electron chi connectivity index (χ1n) is 10.9. The van der Waals surface area contributed by atoms with Crippen molar-refractivity contribution >= 4 is 11.9 Å². The van der Waals surface area contributed by atoms with E-state index in [0.717, 1.165) is 37.0 Å². The molecule has 170 valence electrons. The summed E-state index contributed by atoms with van der Waals surface area (Å²) in [6.45, 7) is 4.18. The topological polar surface area (TPSA) is 104 Å². The number of hydrogen-bond donors (Lipinski definition) is 1. The molecular weight excluding hydrogens is 398 g/mol. The SMILES string of the molecule is CCCCC(CC(=O)OCC)NC(=O)CCc1nnc(CCc2ccccc2OC)o1. The van der Waals surface area contributed by atoms with Gasteiger partial charge in [0.15, 0.2) is 0 Å². The van der Waals surface area contributed by atoms with E-state index >= 15 is 0 Å². The van der Waals surface area contributed by atoms with Gasteiger partial charge in [0.05, 0.1) is 20.1 Å². The maximum Gasteiger partial charge on any atom is 0.307 e. The smallest absolute Gasteiger partial charge is 0.307 e. The lowest BCUT2D eigenvalue weighted by molar-refractivity contribution is -0.143. The fraction of sp³-hybridized carbons (Fsp3) is 0.565. The molecule has 1 aromatic carbocycles. The van der Waals surface area contributed by atoms with Crippen molar-refractivity contribution in [1.82, 2.24) is 15.5 Å². The van der Waals surface area contributed by atoms with Crippen LogP contribution in [0.5, 0.6) is 5.75 Å². The largest absolute Gasteiger partial charge is 0.496 e. The number of esters is 1. The molecule has 0 saturated heterocycles. The van der Waals surface area contributed by atoms with Gasteiger partial charge in [0.1, 0.15) is 5.75 Å². The summed E-state index contributed by atoms with van der Waals surface area (Å²) in [5, 5.41) is 11.1. The third-order valence-corrected chi connectivity index (χ3v) is 4.86. The van der Waals surface area contributed by atoms with Crippen LogP contribution in [0.15, 0.2) is 28.7 Å². The van der Waals surface area contributed by atoms with E-state index < -0.39 is 0 Å². The van der Waals surface area contributed by atoms with Crippen LogP contribution in [0.25, 0.3) is 0 Å².